The average Bonchev–Trinajstić information content (AvgIpc) is 2.85. The Kier molecular flexibility index (Phi) is 6.50. The Labute approximate surface area is 153 Å². The molecular weight excluding hydrogens is 393 g/mol. The number of hydrogen-bond donors (Lipinski definition) is 0. The third-order valence-corrected chi connectivity index (χ3v) is 4.53. The van der Waals surface area contributed by atoms with Gasteiger partial charge in [0.1, 0.15) is 5.82 Å². The van der Waals surface area contributed by atoms with E-state index in [1.165, 1.54) is 12.1 Å². The molecular formula is C18H19BrFNO4. The van der Waals surface area contributed by atoms with Crippen molar-refractivity contribution in [1.82, 2.24) is 4.57 Å². The first kappa shape index (κ1) is 19.3. The summed E-state index contributed by atoms with van der Waals surface area (Å²) >= 11 is 3.11. The number of aryl methyl sites for hydroxylation is 1. The number of carbonyl (C=O) groups excluding carboxylic acids is 2. The molecule has 0 aliphatic heterocycles. The van der Waals surface area contributed by atoms with E-state index < -0.39 is 11.8 Å². The number of methoxy groups -OCH3 is 1. The number of Topliss-reactive ketones (excluding diaryl/α,β-unsaturated/α-hetero) is 1. The number of rotatable bonds is 7. The summed E-state index contributed by atoms with van der Waals surface area (Å²) in [7, 11) is 1.62. The fraction of sp³-hybridized carbons (Fsp3) is 0.333. The van der Waals surface area contributed by atoms with Crippen LogP contribution in [-0.2, 0) is 16.0 Å². The Morgan fingerprint density at radius 2 is 1.92 bits per heavy atom. The van der Waals surface area contributed by atoms with E-state index >= 15 is 0 Å². The quantitative estimate of drug-likeness (QED) is 0.514. The largest absolute Gasteiger partial charge is 0.454 e. The Balaban J connectivity index is 2.06. The van der Waals surface area contributed by atoms with Crippen LogP contribution in [0.5, 0.6) is 0 Å². The zero-order valence-electron chi connectivity index (χ0n) is 14.3. The Hall–Kier alpha value is -1.99. The minimum atomic E-state index is -0.687. The van der Waals surface area contributed by atoms with Crippen LogP contribution in [0.4, 0.5) is 4.39 Å². The van der Waals surface area contributed by atoms with Gasteiger partial charge < -0.3 is 14.0 Å². The van der Waals surface area contributed by atoms with Crippen LogP contribution in [0.2, 0.25) is 0 Å². The van der Waals surface area contributed by atoms with E-state index in [1.807, 2.05) is 18.4 Å². The highest BCUT2D eigenvalue weighted by Crippen LogP contribution is 2.20. The van der Waals surface area contributed by atoms with Gasteiger partial charge in [-0.15, -0.1) is 0 Å². The van der Waals surface area contributed by atoms with E-state index in [0.717, 1.165) is 17.5 Å². The van der Waals surface area contributed by atoms with Crippen molar-refractivity contribution in [3.8, 4) is 0 Å². The van der Waals surface area contributed by atoms with E-state index in [4.69, 9.17) is 9.47 Å². The molecule has 0 spiro atoms. The summed E-state index contributed by atoms with van der Waals surface area (Å²) < 4.78 is 25.5. The maximum Gasteiger partial charge on any atom is 0.339 e. The lowest BCUT2D eigenvalue weighted by Gasteiger charge is -2.09. The monoisotopic (exact) mass is 411 g/mol. The zero-order chi connectivity index (χ0) is 18.6. The molecule has 0 saturated heterocycles. The molecule has 1 aromatic carbocycles. The SMILES string of the molecule is COCCn1c(C)cc(C(=O)COC(=O)c2ccc(F)cc2Br)c1C. The zero-order valence-corrected chi connectivity index (χ0v) is 15.9. The van der Waals surface area contributed by atoms with Gasteiger partial charge in [-0.05, 0) is 54.0 Å². The van der Waals surface area contributed by atoms with E-state index in [1.54, 1.807) is 13.2 Å². The van der Waals surface area contributed by atoms with Crippen molar-refractivity contribution in [2.75, 3.05) is 20.3 Å². The number of benzene rings is 1. The first-order valence-corrected chi connectivity index (χ1v) is 8.45. The topological polar surface area (TPSA) is 57.5 Å². The molecule has 0 radical (unpaired) electrons. The number of hydrogen-bond acceptors (Lipinski definition) is 4. The summed E-state index contributed by atoms with van der Waals surface area (Å²) in [6, 6.07) is 5.41. The van der Waals surface area contributed by atoms with Crippen molar-refractivity contribution in [3.63, 3.8) is 0 Å². The third-order valence-electron chi connectivity index (χ3n) is 3.88. The van der Waals surface area contributed by atoms with Crippen LogP contribution in [0.3, 0.4) is 0 Å². The molecule has 2 aromatic rings. The van der Waals surface area contributed by atoms with Crippen molar-refractivity contribution >= 4 is 27.7 Å². The molecule has 1 heterocycles. The number of aromatic nitrogens is 1. The Morgan fingerprint density at radius 1 is 1.20 bits per heavy atom. The van der Waals surface area contributed by atoms with Gasteiger partial charge in [0, 0.05) is 35.1 Å². The minimum Gasteiger partial charge on any atom is -0.454 e. The highest BCUT2D eigenvalue weighted by Gasteiger charge is 2.19. The summed E-state index contributed by atoms with van der Waals surface area (Å²) in [5.41, 5.74) is 2.42. The second-order valence-corrected chi connectivity index (χ2v) is 6.41. The molecule has 0 fully saturated rings. The maximum absolute atomic E-state index is 13.1. The van der Waals surface area contributed by atoms with E-state index in [2.05, 4.69) is 15.9 Å². The molecule has 2 rings (SSSR count). The number of carbonyl (C=O) groups is 2. The molecule has 5 nitrogen and oxygen atoms in total. The van der Waals surface area contributed by atoms with Crippen LogP contribution < -0.4 is 0 Å². The second-order valence-electron chi connectivity index (χ2n) is 5.55. The van der Waals surface area contributed by atoms with Gasteiger partial charge in [-0.1, -0.05) is 0 Å². The molecule has 0 saturated carbocycles. The molecule has 0 bridgehead atoms. The van der Waals surface area contributed by atoms with Crippen LogP contribution in [0.15, 0.2) is 28.7 Å². The van der Waals surface area contributed by atoms with E-state index in [0.29, 0.717) is 18.7 Å². The van der Waals surface area contributed by atoms with Gasteiger partial charge in [0.25, 0.3) is 0 Å². The van der Waals surface area contributed by atoms with Crippen molar-refractivity contribution in [3.05, 3.63) is 57.1 Å². The standard InChI is InChI=1S/C18H19BrFNO4/c1-11-8-15(12(2)21(11)6-7-24-3)17(22)10-25-18(23)14-5-4-13(20)9-16(14)19/h4-5,8-9H,6-7,10H2,1-3H3. The first-order valence-electron chi connectivity index (χ1n) is 7.66. The van der Waals surface area contributed by atoms with Gasteiger partial charge in [-0.2, -0.15) is 0 Å². The number of ether oxygens (including phenoxy) is 2. The number of nitrogens with zero attached hydrogens (tertiary/aromatic N) is 1. The lowest BCUT2D eigenvalue weighted by atomic mass is 10.1. The summed E-state index contributed by atoms with van der Waals surface area (Å²) in [4.78, 5) is 24.4. The molecule has 1 aromatic heterocycles. The van der Waals surface area contributed by atoms with E-state index in [9.17, 15) is 14.0 Å². The third kappa shape index (κ3) is 4.55. The van der Waals surface area contributed by atoms with Gasteiger partial charge in [0.2, 0.25) is 5.78 Å². The molecule has 0 aliphatic carbocycles. The van der Waals surface area contributed by atoms with Gasteiger partial charge in [-0.3, -0.25) is 4.79 Å². The normalized spacial score (nSPS) is 10.8. The predicted molar refractivity (Wildman–Crippen MR) is 94.5 cm³/mol. The van der Waals surface area contributed by atoms with Crippen LogP contribution in [0, 0.1) is 19.7 Å². The van der Waals surface area contributed by atoms with Crippen LogP contribution >= 0.6 is 15.9 Å². The van der Waals surface area contributed by atoms with Gasteiger partial charge >= 0.3 is 5.97 Å². The van der Waals surface area contributed by atoms with Gasteiger partial charge in [0.05, 0.1) is 12.2 Å². The van der Waals surface area contributed by atoms with Crippen LogP contribution in [0.1, 0.15) is 32.1 Å². The van der Waals surface area contributed by atoms with Crippen molar-refractivity contribution in [1.29, 1.82) is 0 Å². The molecule has 0 atom stereocenters. The van der Waals surface area contributed by atoms with Gasteiger partial charge in [-0.25, -0.2) is 9.18 Å². The minimum absolute atomic E-state index is 0.166. The molecule has 7 heteroatoms. The second kappa shape index (κ2) is 8.40. The molecule has 25 heavy (non-hydrogen) atoms. The number of ketones is 1. The summed E-state index contributed by atoms with van der Waals surface area (Å²) in [5.74, 6) is -1.44. The van der Waals surface area contributed by atoms with Crippen molar-refractivity contribution < 1.29 is 23.5 Å². The smallest absolute Gasteiger partial charge is 0.339 e. The highest BCUT2D eigenvalue weighted by molar-refractivity contribution is 9.10. The van der Waals surface area contributed by atoms with Gasteiger partial charge in [0.15, 0.2) is 6.61 Å². The maximum atomic E-state index is 13.1. The summed E-state index contributed by atoms with van der Waals surface area (Å²) in [5, 5.41) is 0. The van der Waals surface area contributed by atoms with Crippen molar-refractivity contribution in [2.24, 2.45) is 0 Å². The molecule has 0 N–H and O–H groups in total. The van der Waals surface area contributed by atoms with Crippen LogP contribution in [0.25, 0.3) is 0 Å². The summed E-state index contributed by atoms with van der Waals surface area (Å²) in [6.45, 7) is 4.55. The average molecular weight is 412 g/mol. The van der Waals surface area contributed by atoms with Crippen molar-refractivity contribution in [2.45, 2.75) is 20.4 Å². The predicted octanol–water partition coefficient (Wildman–Crippen LogP) is 3.69. The first-order chi connectivity index (χ1) is 11.8. The molecule has 0 aliphatic rings. The van der Waals surface area contributed by atoms with E-state index in [-0.39, 0.29) is 22.4 Å². The summed E-state index contributed by atoms with van der Waals surface area (Å²) in [6.07, 6.45) is 0. The lowest BCUT2D eigenvalue weighted by Crippen LogP contribution is -2.16. The Morgan fingerprint density at radius 3 is 2.56 bits per heavy atom. The molecule has 134 valence electrons. The highest BCUT2D eigenvalue weighted by atomic mass is 79.9. The fourth-order valence-electron chi connectivity index (χ4n) is 2.55. The fourth-order valence-corrected chi connectivity index (χ4v) is 3.06. The number of esters is 1. The molecule has 0 amide bonds. The molecule has 0 unspecified atom stereocenters. The number of halogens is 2. The Bertz CT molecular complexity index is 801. The lowest BCUT2D eigenvalue weighted by molar-refractivity contribution is 0.0473. The van der Waals surface area contributed by atoms with Crippen LogP contribution in [-0.4, -0.2) is 36.6 Å².